The number of carbonyl (C=O) groups excluding carboxylic acids is 1. The lowest BCUT2D eigenvalue weighted by Gasteiger charge is -2.13. The molecule has 25 heavy (non-hydrogen) atoms. The van der Waals surface area contributed by atoms with Gasteiger partial charge in [0.05, 0.1) is 24.7 Å². The van der Waals surface area contributed by atoms with Gasteiger partial charge in [0, 0.05) is 18.7 Å². The van der Waals surface area contributed by atoms with Crippen molar-refractivity contribution in [2.24, 2.45) is 5.73 Å². The standard InChI is InChI=1S/C16H27N3O5S/c1-4-23-14-7-6-13(10-15(14)24-5-2)25(21,22)19-11-16(20)18-9-8-12(3)17/h6-7,10,12,19H,4-5,8-9,11,17H2,1-3H3,(H,18,20). The normalized spacial score (nSPS) is 12.5. The lowest BCUT2D eigenvalue weighted by atomic mass is 10.2. The maximum atomic E-state index is 12.3. The second-order valence-electron chi connectivity index (χ2n) is 5.42. The molecule has 1 rings (SSSR count). The third-order valence-electron chi connectivity index (χ3n) is 3.17. The molecule has 4 N–H and O–H groups in total. The van der Waals surface area contributed by atoms with E-state index in [9.17, 15) is 13.2 Å². The van der Waals surface area contributed by atoms with Crippen LogP contribution in [0.1, 0.15) is 27.2 Å². The molecular weight excluding hydrogens is 346 g/mol. The van der Waals surface area contributed by atoms with Crippen molar-refractivity contribution < 1.29 is 22.7 Å². The molecule has 0 aliphatic heterocycles. The fraction of sp³-hybridized carbons (Fsp3) is 0.562. The summed E-state index contributed by atoms with van der Waals surface area (Å²) in [6.07, 6.45) is 0.620. The summed E-state index contributed by atoms with van der Waals surface area (Å²) >= 11 is 0. The van der Waals surface area contributed by atoms with Gasteiger partial charge >= 0.3 is 0 Å². The van der Waals surface area contributed by atoms with Gasteiger partial charge < -0.3 is 20.5 Å². The molecule has 1 aromatic carbocycles. The highest BCUT2D eigenvalue weighted by Gasteiger charge is 2.18. The van der Waals surface area contributed by atoms with E-state index in [0.717, 1.165) is 0 Å². The van der Waals surface area contributed by atoms with E-state index in [4.69, 9.17) is 15.2 Å². The highest BCUT2D eigenvalue weighted by Crippen LogP contribution is 2.30. The molecule has 0 heterocycles. The summed E-state index contributed by atoms with van der Waals surface area (Å²) in [5, 5.41) is 2.61. The third kappa shape index (κ3) is 7.29. The van der Waals surface area contributed by atoms with Crippen LogP contribution in [0.15, 0.2) is 23.1 Å². The van der Waals surface area contributed by atoms with Crippen LogP contribution in [0.3, 0.4) is 0 Å². The van der Waals surface area contributed by atoms with Crippen LogP contribution >= 0.6 is 0 Å². The van der Waals surface area contributed by atoms with Crippen LogP contribution in [-0.2, 0) is 14.8 Å². The minimum Gasteiger partial charge on any atom is -0.490 e. The van der Waals surface area contributed by atoms with Gasteiger partial charge in [0.1, 0.15) is 0 Å². The zero-order chi connectivity index (χ0) is 18.9. The number of nitrogens with two attached hydrogens (primary N) is 1. The molecule has 9 heteroatoms. The zero-order valence-electron chi connectivity index (χ0n) is 14.9. The summed E-state index contributed by atoms with van der Waals surface area (Å²) in [7, 11) is -3.84. The second-order valence-corrected chi connectivity index (χ2v) is 7.18. The topological polar surface area (TPSA) is 120 Å². The van der Waals surface area contributed by atoms with Gasteiger partial charge in [-0.2, -0.15) is 0 Å². The van der Waals surface area contributed by atoms with Crippen LogP contribution in [0.25, 0.3) is 0 Å². The number of carbonyl (C=O) groups is 1. The molecule has 1 amide bonds. The fourth-order valence-corrected chi connectivity index (χ4v) is 2.94. The molecule has 0 saturated carbocycles. The van der Waals surface area contributed by atoms with Gasteiger partial charge in [-0.3, -0.25) is 4.79 Å². The van der Waals surface area contributed by atoms with Gasteiger partial charge in [0.15, 0.2) is 11.5 Å². The van der Waals surface area contributed by atoms with Gasteiger partial charge in [-0.25, -0.2) is 13.1 Å². The van der Waals surface area contributed by atoms with Crippen molar-refractivity contribution in [3.8, 4) is 11.5 Å². The van der Waals surface area contributed by atoms with E-state index >= 15 is 0 Å². The number of amides is 1. The van der Waals surface area contributed by atoms with E-state index in [-0.39, 0.29) is 17.5 Å². The number of sulfonamides is 1. The van der Waals surface area contributed by atoms with E-state index in [1.165, 1.54) is 18.2 Å². The summed E-state index contributed by atoms with van der Waals surface area (Å²) in [6.45, 7) is 6.31. The molecule has 142 valence electrons. The smallest absolute Gasteiger partial charge is 0.241 e. The van der Waals surface area contributed by atoms with Crippen LogP contribution in [0.5, 0.6) is 11.5 Å². The molecule has 1 aromatic rings. The van der Waals surface area contributed by atoms with Gasteiger partial charge in [0.2, 0.25) is 15.9 Å². The van der Waals surface area contributed by atoms with Crippen molar-refractivity contribution in [1.82, 2.24) is 10.0 Å². The molecule has 0 bridgehead atoms. The number of nitrogens with one attached hydrogen (secondary N) is 2. The van der Waals surface area contributed by atoms with Crippen molar-refractivity contribution in [3.63, 3.8) is 0 Å². The molecule has 1 unspecified atom stereocenters. The first-order valence-electron chi connectivity index (χ1n) is 8.21. The Bertz CT molecular complexity index is 662. The first-order valence-corrected chi connectivity index (χ1v) is 9.70. The molecular formula is C16H27N3O5S. The lowest BCUT2D eigenvalue weighted by molar-refractivity contribution is -0.119. The molecule has 1 atom stereocenters. The summed E-state index contributed by atoms with van der Waals surface area (Å²) < 4.78 is 37.8. The predicted octanol–water partition coefficient (Wildman–Crippen LogP) is 0.616. The summed E-state index contributed by atoms with van der Waals surface area (Å²) in [6, 6.07) is 4.29. The van der Waals surface area contributed by atoms with E-state index in [2.05, 4.69) is 10.0 Å². The number of benzene rings is 1. The van der Waals surface area contributed by atoms with Crippen molar-refractivity contribution in [2.45, 2.75) is 38.1 Å². The van der Waals surface area contributed by atoms with Gasteiger partial charge in [-0.1, -0.05) is 0 Å². The Labute approximate surface area is 149 Å². The van der Waals surface area contributed by atoms with Gasteiger partial charge in [0.25, 0.3) is 0 Å². The highest BCUT2D eigenvalue weighted by molar-refractivity contribution is 7.89. The van der Waals surface area contributed by atoms with E-state index in [1.54, 1.807) is 6.92 Å². The quantitative estimate of drug-likeness (QED) is 0.523. The Morgan fingerprint density at radius 2 is 1.84 bits per heavy atom. The Balaban J connectivity index is 2.74. The molecule has 0 aromatic heterocycles. The van der Waals surface area contributed by atoms with Crippen molar-refractivity contribution in [1.29, 1.82) is 0 Å². The molecule has 0 radical (unpaired) electrons. The summed E-state index contributed by atoms with van der Waals surface area (Å²) in [4.78, 5) is 11.7. The maximum Gasteiger partial charge on any atom is 0.241 e. The zero-order valence-corrected chi connectivity index (χ0v) is 15.7. The molecule has 0 spiro atoms. The number of hydrogen-bond acceptors (Lipinski definition) is 6. The first-order chi connectivity index (χ1) is 11.8. The Hall–Kier alpha value is -1.84. The maximum absolute atomic E-state index is 12.3. The van der Waals surface area contributed by atoms with Crippen molar-refractivity contribution >= 4 is 15.9 Å². The van der Waals surface area contributed by atoms with Gasteiger partial charge in [-0.15, -0.1) is 0 Å². The Morgan fingerprint density at radius 1 is 1.20 bits per heavy atom. The van der Waals surface area contributed by atoms with Crippen LogP contribution in [0.4, 0.5) is 0 Å². The first kappa shape index (κ1) is 21.2. The summed E-state index contributed by atoms with van der Waals surface area (Å²) in [5.41, 5.74) is 5.59. The minimum absolute atomic E-state index is 0.00258. The monoisotopic (exact) mass is 373 g/mol. The van der Waals surface area contributed by atoms with Crippen molar-refractivity contribution in [2.75, 3.05) is 26.3 Å². The van der Waals surface area contributed by atoms with E-state index < -0.39 is 15.9 Å². The second kappa shape index (κ2) is 10.2. The largest absolute Gasteiger partial charge is 0.490 e. The van der Waals surface area contributed by atoms with Gasteiger partial charge in [-0.05, 0) is 39.3 Å². The van der Waals surface area contributed by atoms with E-state index in [1.807, 2.05) is 13.8 Å². The van der Waals surface area contributed by atoms with Crippen molar-refractivity contribution in [3.05, 3.63) is 18.2 Å². The Morgan fingerprint density at radius 3 is 2.44 bits per heavy atom. The van der Waals surface area contributed by atoms with Crippen LogP contribution in [0.2, 0.25) is 0 Å². The molecule has 0 saturated heterocycles. The lowest BCUT2D eigenvalue weighted by Crippen LogP contribution is -2.38. The number of ether oxygens (including phenoxy) is 2. The van der Waals surface area contributed by atoms with E-state index in [0.29, 0.717) is 37.7 Å². The fourth-order valence-electron chi connectivity index (χ4n) is 1.94. The molecule has 0 aliphatic carbocycles. The van der Waals surface area contributed by atoms with Crippen LogP contribution in [-0.4, -0.2) is 46.7 Å². The minimum atomic E-state index is -3.84. The highest BCUT2D eigenvalue weighted by atomic mass is 32.2. The molecule has 8 nitrogen and oxygen atoms in total. The molecule has 0 fully saturated rings. The van der Waals surface area contributed by atoms with Crippen LogP contribution in [0, 0.1) is 0 Å². The average molecular weight is 373 g/mol. The third-order valence-corrected chi connectivity index (χ3v) is 4.57. The average Bonchev–Trinajstić information content (AvgIpc) is 2.54. The molecule has 0 aliphatic rings. The number of rotatable bonds is 11. The predicted molar refractivity (Wildman–Crippen MR) is 95.2 cm³/mol. The SMILES string of the molecule is CCOc1ccc(S(=O)(=O)NCC(=O)NCCC(C)N)cc1OCC. The summed E-state index contributed by atoms with van der Waals surface area (Å²) in [5.74, 6) is 0.394. The number of hydrogen-bond donors (Lipinski definition) is 3. The Kier molecular flexibility index (Phi) is 8.67. The van der Waals surface area contributed by atoms with Crippen LogP contribution < -0.4 is 25.2 Å².